The van der Waals surface area contributed by atoms with Gasteiger partial charge in [0.15, 0.2) is 5.96 Å². The van der Waals surface area contributed by atoms with Crippen molar-refractivity contribution in [3.05, 3.63) is 24.2 Å². The highest BCUT2D eigenvalue weighted by atomic mass is 127. The van der Waals surface area contributed by atoms with Gasteiger partial charge in [0.05, 0.1) is 6.26 Å². The molecule has 1 aromatic heterocycles. The highest BCUT2D eigenvalue weighted by molar-refractivity contribution is 14.0. The Morgan fingerprint density at radius 2 is 2.16 bits per heavy atom. The van der Waals surface area contributed by atoms with E-state index in [1.54, 1.807) is 6.26 Å². The summed E-state index contributed by atoms with van der Waals surface area (Å²) in [5.41, 5.74) is 0. The third-order valence-corrected chi connectivity index (χ3v) is 5.22. The fraction of sp³-hybridized carbons (Fsp3) is 0.737. The number of rotatable bonds is 8. The molecule has 3 rings (SSSR count). The lowest BCUT2D eigenvalue weighted by atomic mass is 9.85. The molecular weight excluding hydrogens is 429 g/mol. The van der Waals surface area contributed by atoms with E-state index < -0.39 is 0 Å². The van der Waals surface area contributed by atoms with Crippen LogP contribution in [0.3, 0.4) is 0 Å². The number of nitrogens with zero attached hydrogens (tertiary/aromatic N) is 1. The van der Waals surface area contributed by atoms with Crippen molar-refractivity contribution in [2.24, 2.45) is 16.8 Å². The zero-order valence-electron chi connectivity index (χ0n) is 15.2. The van der Waals surface area contributed by atoms with E-state index in [2.05, 4.69) is 15.6 Å². The summed E-state index contributed by atoms with van der Waals surface area (Å²) in [4.78, 5) is 4.34. The fourth-order valence-electron chi connectivity index (χ4n) is 3.78. The third-order valence-electron chi connectivity index (χ3n) is 5.22. The maximum Gasteiger partial charge on any atom is 0.191 e. The lowest BCUT2D eigenvalue weighted by molar-refractivity contribution is 0.105. The van der Waals surface area contributed by atoms with E-state index >= 15 is 0 Å². The molecule has 2 aliphatic rings. The highest BCUT2D eigenvalue weighted by Crippen LogP contribution is 2.44. The second-order valence-electron chi connectivity index (χ2n) is 7.03. The lowest BCUT2D eigenvalue weighted by Crippen LogP contribution is -2.40. The van der Waals surface area contributed by atoms with E-state index in [1.165, 1.54) is 38.5 Å². The first-order valence-electron chi connectivity index (χ1n) is 9.44. The average Bonchev–Trinajstić information content (AvgIpc) is 3.19. The van der Waals surface area contributed by atoms with Crippen LogP contribution in [0.5, 0.6) is 0 Å². The van der Waals surface area contributed by atoms with Gasteiger partial charge in [0, 0.05) is 26.2 Å². The molecule has 2 atom stereocenters. The smallest absolute Gasteiger partial charge is 0.191 e. The van der Waals surface area contributed by atoms with E-state index in [0.717, 1.165) is 43.1 Å². The van der Waals surface area contributed by atoms with Crippen molar-refractivity contribution in [2.45, 2.75) is 57.6 Å². The molecule has 0 saturated heterocycles. The minimum absolute atomic E-state index is 0. The van der Waals surface area contributed by atoms with Crippen molar-refractivity contribution in [3.8, 4) is 0 Å². The van der Waals surface area contributed by atoms with Crippen molar-refractivity contribution in [2.75, 3.05) is 20.2 Å². The molecule has 6 heteroatoms. The van der Waals surface area contributed by atoms with Crippen LogP contribution in [0.2, 0.25) is 0 Å². The van der Waals surface area contributed by atoms with Crippen LogP contribution in [0.4, 0.5) is 0 Å². The topological polar surface area (TPSA) is 58.8 Å². The Labute approximate surface area is 168 Å². The maximum absolute atomic E-state index is 5.59. The molecule has 142 valence electrons. The molecule has 2 N–H and O–H groups in total. The summed E-state index contributed by atoms with van der Waals surface area (Å²) in [6.45, 7) is 2.14. The first kappa shape index (κ1) is 20.6. The zero-order valence-corrected chi connectivity index (χ0v) is 17.5. The van der Waals surface area contributed by atoms with Gasteiger partial charge in [-0.15, -0.1) is 24.0 Å². The number of nitrogens with one attached hydrogen (secondary N) is 2. The van der Waals surface area contributed by atoms with E-state index in [1.807, 2.05) is 19.2 Å². The molecule has 2 saturated carbocycles. The summed E-state index contributed by atoms with van der Waals surface area (Å²) in [6, 6.07) is 4.45. The van der Waals surface area contributed by atoms with Crippen molar-refractivity contribution in [3.63, 3.8) is 0 Å². The van der Waals surface area contributed by atoms with Gasteiger partial charge in [-0.05, 0) is 36.8 Å². The van der Waals surface area contributed by atoms with Gasteiger partial charge >= 0.3 is 0 Å². The number of ether oxygens (including phenoxy) is 1. The Morgan fingerprint density at radius 1 is 1.32 bits per heavy atom. The molecule has 25 heavy (non-hydrogen) atoms. The van der Waals surface area contributed by atoms with Gasteiger partial charge in [-0.1, -0.05) is 32.1 Å². The average molecular weight is 461 g/mol. The van der Waals surface area contributed by atoms with Gasteiger partial charge in [0.1, 0.15) is 12.4 Å². The fourth-order valence-corrected chi connectivity index (χ4v) is 3.78. The van der Waals surface area contributed by atoms with E-state index in [-0.39, 0.29) is 24.0 Å². The standard InChI is InChI=1S/C19H31N3O2.HI/c1-20-19(21-10-6-11-23-14-16-9-5-12-24-16)22-18-13-17(18)15-7-3-2-4-8-15;/h5,9,12,15,17-18H,2-4,6-8,10-11,13-14H2,1H3,(H2,20,21,22);1H. The Balaban J connectivity index is 0.00000225. The van der Waals surface area contributed by atoms with Crippen LogP contribution in [-0.2, 0) is 11.3 Å². The molecular formula is C19H32IN3O2. The Hall–Kier alpha value is -0.760. The summed E-state index contributed by atoms with van der Waals surface area (Å²) in [7, 11) is 1.85. The molecule has 2 unspecified atom stereocenters. The SMILES string of the molecule is CN=C(NCCCOCc1ccco1)NC1CC1C1CCCCC1.I. The van der Waals surface area contributed by atoms with Gasteiger partial charge in [0.25, 0.3) is 0 Å². The Morgan fingerprint density at radius 3 is 2.88 bits per heavy atom. The minimum Gasteiger partial charge on any atom is -0.467 e. The van der Waals surface area contributed by atoms with Crippen molar-refractivity contribution < 1.29 is 9.15 Å². The lowest BCUT2D eigenvalue weighted by Gasteiger charge is -2.22. The first-order valence-corrected chi connectivity index (χ1v) is 9.44. The van der Waals surface area contributed by atoms with Crippen LogP contribution in [0, 0.1) is 11.8 Å². The number of halogens is 1. The number of guanidine groups is 1. The van der Waals surface area contributed by atoms with Gasteiger partial charge in [-0.2, -0.15) is 0 Å². The molecule has 0 amide bonds. The van der Waals surface area contributed by atoms with Gasteiger partial charge in [0.2, 0.25) is 0 Å². The van der Waals surface area contributed by atoms with Gasteiger partial charge in [-0.25, -0.2) is 0 Å². The van der Waals surface area contributed by atoms with Gasteiger partial charge < -0.3 is 19.8 Å². The van der Waals surface area contributed by atoms with Crippen LogP contribution < -0.4 is 10.6 Å². The summed E-state index contributed by atoms with van der Waals surface area (Å²) < 4.78 is 10.8. The number of hydrogen-bond acceptors (Lipinski definition) is 3. The highest BCUT2D eigenvalue weighted by Gasteiger charge is 2.43. The predicted molar refractivity (Wildman–Crippen MR) is 111 cm³/mol. The maximum atomic E-state index is 5.59. The van der Waals surface area contributed by atoms with Crippen LogP contribution in [0.1, 0.15) is 50.7 Å². The number of aliphatic imine (C=N–C) groups is 1. The molecule has 0 aromatic carbocycles. The van der Waals surface area contributed by atoms with Crippen molar-refractivity contribution in [1.29, 1.82) is 0 Å². The first-order chi connectivity index (χ1) is 11.9. The predicted octanol–water partition coefficient (Wildman–Crippen LogP) is 3.94. The summed E-state index contributed by atoms with van der Waals surface area (Å²) >= 11 is 0. The number of furan rings is 1. The summed E-state index contributed by atoms with van der Waals surface area (Å²) in [5, 5.41) is 6.98. The Kier molecular flexibility index (Phi) is 9.09. The molecule has 5 nitrogen and oxygen atoms in total. The summed E-state index contributed by atoms with van der Waals surface area (Å²) in [6.07, 6.45) is 11.1. The molecule has 2 fully saturated rings. The van der Waals surface area contributed by atoms with Crippen molar-refractivity contribution in [1.82, 2.24) is 10.6 Å². The molecule has 0 aliphatic heterocycles. The number of hydrogen-bond donors (Lipinski definition) is 2. The molecule has 0 bridgehead atoms. The van der Waals surface area contributed by atoms with Crippen LogP contribution in [0.15, 0.2) is 27.8 Å². The monoisotopic (exact) mass is 461 g/mol. The zero-order chi connectivity index (χ0) is 16.6. The molecule has 2 aliphatic carbocycles. The second-order valence-corrected chi connectivity index (χ2v) is 7.03. The second kappa shape index (κ2) is 11.1. The molecule has 1 aromatic rings. The molecule has 0 spiro atoms. The van der Waals surface area contributed by atoms with E-state index in [0.29, 0.717) is 12.6 Å². The molecule has 0 radical (unpaired) electrons. The van der Waals surface area contributed by atoms with E-state index in [9.17, 15) is 0 Å². The van der Waals surface area contributed by atoms with Gasteiger partial charge in [-0.3, -0.25) is 4.99 Å². The largest absolute Gasteiger partial charge is 0.467 e. The van der Waals surface area contributed by atoms with Crippen LogP contribution in [0.25, 0.3) is 0 Å². The normalized spacial score (nSPS) is 23.8. The third kappa shape index (κ3) is 6.81. The van der Waals surface area contributed by atoms with E-state index in [4.69, 9.17) is 9.15 Å². The molecule has 1 heterocycles. The van der Waals surface area contributed by atoms with Crippen molar-refractivity contribution >= 4 is 29.9 Å². The van der Waals surface area contributed by atoms with Crippen LogP contribution in [-0.4, -0.2) is 32.2 Å². The minimum atomic E-state index is 0. The quantitative estimate of drug-likeness (QED) is 0.267. The Bertz CT molecular complexity index is 501. The van der Waals surface area contributed by atoms with Crippen LogP contribution >= 0.6 is 24.0 Å². The summed E-state index contributed by atoms with van der Waals surface area (Å²) in [5.74, 6) is 3.64.